The van der Waals surface area contributed by atoms with Gasteiger partial charge < -0.3 is 33.8 Å². The molecule has 0 spiro atoms. The average molecular weight is 1210 g/mol. The highest BCUT2D eigenvalue weighted by Gasteiger charge is 2.30. The Hall–Kier alpha value is -1.94. The summed E-state index contributed by atoms with van der Waals surface area (Å²) in [6, 6.07) is 0. The summed E-state index contributed by atoms with van der Waals surface area (Å²) in [5.74, 6) is -2.13. The van der Waals surface area contributed by atoms with Crippen LogP contribution in [0.5, 0.6) is 0 Å². The Kier molecular flexibility index (Phi) is 56.7. The number of phosphoric ester groups is 2. The van der Waals surface area contributed by atoms with Gasteiger partial charge in [-0.15, -0.1) is 0 Å². The first-order valence-electron chi connectivity index (χ1n) is 33.3. The maximum Gasteiger partial charge on any atom is 0.472 e. The molecule has 2 unspecified atom stereocenters. The Morgan fingerprint density at radius 3 is 0.720 bits per heavy atom. The molecule has 0 heterocycles. The van der Waals surface area contributed by atoms with Crippen LogP contribution in [0.1, 0.15) is 323 Å². The number of esters is 4. The number of carbonyl (C=O) groups excluding carboxylic acids is 4. The largest absolute Gasteiger partial charge is 0.472 e. The third-order valence-electron chi connectivity index (χ3n) is 14.6. The van der Waals surface area contributed by atoms with E-state index in [1.54, 1.807) is 0 Å². The van der Waals surface area contributed by atoms with Gasteiger partial charge in [-0.2, -0.15) is 0 Å². The number of hydrogen-bond acceptors (Lipinski definition) is 15. The lowest BCUT2D eigenvalue weighted by atomic mass is 10.0. The standard InChI is InChI=1S/C63H122O17P2/c1-5-9-13-17-21-25-26-27-28-29-30-34-38-42-46-50-63(68)80-59(54-74-61(66)48-44-40-36-32-23-19-15-11-7-3)56-78-82(71,72)76-52-57(64)51-75-81(69,70)77-55-58(79-62(67)49-45-41-37-33-24-20-16-12-8-4)53-73-60(65)47-43-39-35-31-22-18-14-10-6-2/h57-59,64H,5-56H2,1-4H3,(H,69,70)(H,71,72)/t57-,58-,59-/m1/s1. The van der Waals surface area contributed by atoms with E-state index >= 15 is 0 Å². The predicted molar refractivity (Wildman–Crippen MR) is 326 cm³/mol. The fourth-order valence-corrected chi connectivity index (χ4v) is 11.0. The summed E-state index contributed by atoms with van der Waals surface area (Å²) in [5.41, 5.74) is 0. The second-order valence-corrected chi connectivity index (χ2v) is 25.7. The van der Waals surface area contributed by atoms with Crippen LogP contribution in [0.3, 0.4) is 0 Å². The van der Waals surface area contributed by atoms with Crippen LogP contribution in [-0.2, 0) is 65.4 Å². The highest BCUT2D eigenvalue weighted by Crippen LogP contribution is 2.45. The summed E-state index contributed by atoms with van der Waals surface area (Å²) in [5, 5.41) is 10.5. The van der Waals surface area contributed by atoms with Crippen molar-refractivity contribution in [2.75, 3.05) is 39.6 Å². The molecule has 0 fully saturated rings. The van der Waals surface area contributed by atoms with E-state index in [2.05, 4.69) is 27.7 Å². The van der Waals surface area contributed by atoms with Crippen molar-refractivity contribution in [1.29, 1.82) is 0 Å². The van der Waals surface area contributed by atoms with Gasteiger partial charge >= 0.3 is 39.5 Å². The summed E-state index contributed by atoms with van der Waals surface area (Å²) >= 11 is 0. The van der Waals surface area contributed by atoms with E-state index in [0.29, 0.717) is 25.7 Å². The minimum atomic E-state index is -4.94. The van der Waals surface area contributed by atoms with E-state index in [1.165, 1.54) is 154 Å². The van der Waals surface area contributed by atoms with E-state index in [4.69, 9.17) is 37.0 Å². The maximum absolute atomic E-state index is 13.0. The van der Waals surface area contributed by atoms with Gasteiger partial charge in [-0.3, -0.25) is 37.3 Å². The van der Waals surface area contributed by atoms with Gasteiger partial charge in [0.2, 0.25) is 0 Å². The quantitative estimate of drug-likeness (QED) is 0.0222. The van der Waals surface area contributed by atoms with Gasteiger partial charge in [0.05, 0.1) is 26.4 Å². The van der Waals surface area contributed by atoms with Crippen molar-refractivity contribution in [2.45, 2.75) is 341 Å². The molecule has 3 N–H and O–H groups in total. The van der Waals surface area contributed by atoms with Gasteiger partial charge in [-0.25, -0.2) is 9.13 Å². The number of rotatable bonds is 64. The summed E-state index contributed by atoms with van der Waals surface area (Å²) in [6.07, 6.45) is 43.0. The molecule has 0 aliphatic rings. The first-order chi connectivity index (χ1) is 39.7. The molecule has 0 amide bonds. The van der Waals surface area contributed by atoms with Crippen LogP contribution in [0.15, 0.2) is 0 Å². The molecule has 0 aliphatic heterocycles. The highest BCUT2D eigenvalue weighted by atomic mass is 31.2. The molecule has 0 aromatic carbocycles. The number of phosphoric acid groups is 2. The summed E-state index contributed by atoms with van der Waals surface area (Å²) in [4.78, 5) is 72.0. The molecular formula is C63H122O17P2. The van der Waals surface area contributed by atoms with Crippen LogP contribution in [0.2, 0.25) is 0 Å². The molecule has 0 rings (SSSR count). The van der Waals surface area contributed by atoms with Crippen molar-refractivity contribution in [3.05, 3.63) is 0 Å². The Labute approximate surface area is 498 Å². The van der Waals surface area contributed by atoms with E-state index in [1.807, 2.05) is 0 Å². The first kappa shape index (κ1) is 80.1. The van der Waals surface area contributed by atoms with Crippen molar-refractivity contribution in [1.82, 2.24) is 0 Å². The average Bonchev–Trinajstić information content (AvgIpc) is 3.45. The molecule has 0 aliphatic carbocycles. The minimum absolute atomic E-state index is 0.106. The van der Waals surface area contributed by atoms with Crippen molar-refractivity contribution < 1.29 is 80.2 Å². The Morgan fingerprint density at radius 1 is 0.293 bits per heavy atom. The minimum Gasteiger partial charge on any atom is -0.462 e. The number of hydrogen-bond donors (Lipinski definition) is 3. The molecule has 0 bridgehead atoms. The van der Waals surface area contributed by atoms with Crippen LogP contribution in [0.25, 0.3) is 0 Å². The summed E-state index contributed by atoms with van der Waals surface area (Å²) in [6.45, 7) is 4.85. The van der Waals surface area contributed by atoms with Gasteiger partial charge in [0.25, 0.3) is 0 Å². The number of carbonyl (C=O) groups is 4. The van der Waals surface area contributed by atoms with Crippen LogP contribution in [0, 0.1) is 0 Å². The number of aliphatic hydroxyl groups excluding tert-OH is 1. The van der Waals surface area contributed by atoms with Gasteiger partial charge in [0, 0.05) is 25.7 Å². The lowest BCUT2D eigenvalue weighted by molar-refractivity contribution is -0.161. The topological polar surface area (TPSA) is 237 Å². The smallest absolute Gasteiger partial charge is 0.462 e. The van der Waals surface area contributed by atoms with Crippen molar-refractivity contribution in [2.24, 2.45) is 0 Å². The molecule has 486 valence electrons. The van der Waals surface area contributed by atoms with Crippen LogP contribution in [0.4, 0.5) is 0 Å². The Balaban J connectivity index is 5.19. The zero-order chi connectivity index (χ0) is 60.5. The molecule has 0 aromatic rings. The molecule has 0 radical (unpaired) electrons. The first-order valence-corrected chi connectivity index (χ1v) is 36.3. The molecule has 82 heavy (non-hydrogen) atoms. The Morgan fingerprint density at radius 2 is 0.488 bits per heavy atom. The third kappa shape index (κ3) is 57.2. The van der Waals surface area contributed by atoms with E-state index in [9.17, 15) is 43.2 Å². The molecule has 0 aromatic heterocycles. The Bertz CT molecular complexity index is 1590. The highest BCUT2D eigenvalue weighted by molar-refractivity contribution is 7.47. The summed E-state index contributed by atoms with van der Waals surface area (Å²) < 4.78 is 67.9. The molecule has 0 saturated heterocycles. The van der Waals surface area contributed by atoms with Gasteiger partial charge in [-0.05, 0) is 25.7 Å². The number of aliphatic hydroxyl groups is 1. The molecule has 17 nitrogen and oxygen atoms in total. The van der Waals surface area contributed by atoms with Gasteiger partial charge in [-0.1, -0.05) is 272 Å². The van der Waals surface area contributed by atoms with Crippen LogP contribution >= 0.6 is 15.6 Å². The van der Waals surface area contributed by atoms with E-state index < -0.39 is 97.5 Å². The zero-order valence-corrected chi connectivity index (χ0v) is 54.2. The SMILES string of the molecule is CCCCCCCCCCCCCCCCCC(=O)O[C@H](COC(=O)CCCCCCCCCCC)COP(=O)(O)OC[C@H](O)COP(=O)(O)OC[C@@H](COC(=O)CCCCCCCCCCC)OC(=O)CCCCCCCCCCC. The van der Waals surface area contributed by atoms with Gasteiger partial charge in [0.15, 0.2) is 12.2 Å². The second kappa shape index (κ2) is 58.1. The van der Waals surface area contributed by atoms with Crippen molar-refractivity contribution >= 4 is 39.5 Å². The maximum atomic E-state index is 13.0. The van der Waals surface area contributed by atoms with Gasteiger partial charge in [0.1, 0.15) is 19.3 Å². The lowest BCUT2D eigenvalue weighted by Gasteiger charge is -2.21. The van der Waals surface area contributed by atoms with Crippen molar-refractivity contribution in [3.63, 3.8) is 0 Å². The number of unbranched alkanes of at least 4 members (excludes halogenated alkanes) is 38. The zero-order valence-electron chi connectivity index (χ0n) is 52.5. The predicted octanol–water partition coefficient (Wildman–Crippen LogP) is 17.5. The van der Waals surface area contributed by atoms with E-state index in [0.717, 1.165) is 89.9 Å². The molecule has 5 atom stereocenters. The van der Waals surface area contributed by atoms with Crippen molar-refractivity contribution in [3.8, 4) is 0 Å². The monoisotopic (exact) mass is 1210 g/mol. The molecule has 19 heteroatoms. The van der Waals surface area contributed by atoms with Crippen LogP contribution in [-0.4, -0.2) is 96.7 Å². The summed E-state index contributed by atoms with van der Waals surface area (Å²) in [7, 11) is -9.88. The second-order valence-electron chi connectivity index (χ2n) is 22.8. The molecular weight excluding hydrogens is 1090 g/mol. The fraction of sp³-hybridized carbons (Fsp3) is 0.937. The fourth-order valence-electron chi connectivity index (χ4n) is 9.46. The van der Waals surface area contributed by atoms with Crippen LogP contribution < -0.4 is 0 Å². The normalized spacial score (nSPS) is 14.2. The number of ether oxygens (including phenoxy) is 4. The van der Waals surface area contributed by atoms with E-state index in [-0.39, 0.29) is 25.7 Å². The molecule has 0 saturated carbocycles. The third-order valence-corrected chi connectivity index (χ3v) is 16.5. The lowest BCUT2D eigenvalue weighted by Crippen LogP contribution is -2.30.